The maximum Gasteiger partial charge on any atom is 0.355 e. The van der Waals surface area contributed by atoms with Crippen molar-refractivity contribution in [1.82, 2.24) is 5.32 Å². The van der Waals surface area contributed by atoms with E-state index in [4.69, 9.17) is 0 Å². The molecule has 0 aliphatic carbocycles. The standard InChI is InChI=1S/C16H18FN3O9/c1-8(16(17,14(22)28-3)15(23)29-4)9(2)18-13(21)10-5-11(19(24)25)7-12(6-10)20(26)27/h5-9H,1-4H3,(H,18,21)/t8-,9-/m1/s1. The summed E-state index contributed by atoms with van der Waals surface area (Å²) < 4.78 is 23.7. The molecule has 0 aliphatic rings. The summed E-state index contributed by atoms with van der Waals surface area (Å²) in [6.07, 6.45) is 0. The van der Waals surface area contributed by atoms with E-state index >= 15 is 4.39 Å². The second kappa shape index (κ2) is 9.03. The number of nitrogens with one attached hydrogen (secondary N) is 1. The van der Waals surface area contributed by atoms with Crippen molar-refractivity contribution >= 4 is 29.2 Å². The molecule has 0 heterocycles. The topological polar surface area (TPSA) is 168 Å². The van der Waals surface area contributed by atoms with Crippen LogP contribution in [-0.4, -0.2) is 53.6 Å². The first kappa shape index (κ1) is 23.4. The van der Waals surface area contributed by atoms with Gasteiger partial charge in [0.05, 0.1) is 35.7 Å². The number of esters is 2. The Morgan fingerprint density at radius 1 is 1.00 bits per heavy atom. The van der Waals surface area contributed by atoms with E-state index in [0.717, 1.165) is 33.3 Å². The molecule has 0 spiro atoms. The van der Waals surface area contributed by atoms with E-state index in [9.17, 15) is 34.6 Å². The first-order valence-electron chi connectivity index (χ1n) is 8.00. The molecule has 1 N–H and O–H groups in total. The molecule has 0 aliphatic heterocycles. The number of nitro benzene ring substituents is 2. The molecule has 0 bridgehead atoms. The Kier molecular flexibility index (Phi) is 7.29. The zero-order valence-electron chi connectivity index (χ0n) is 15.8. The summed E-state index contributed by atoms with van der Waals surface area (Å²) in [5.74, 6) is -5.58. The molecule has 1 rings (SSSR count). The predicted octanol–water partition coefficient (Wildman–Crippen LogP) is 1.31. The number of non-ortho nitro benzene ring substituents is 2. The maximum absolute atomic E-state index is 15.1. The Balaban J connectivity index is 3.21. The summed E-state index contributed by atoms with van der Waals surface area (Å²) in [7, 11) is 1.72. The van der Waals surface area contributed by atoms with E-state index in [1.807, 2.05) is 0 Å². The average molecular weight is 415 g/mol. The Morgan fingerprint density at radius 3 is 1.76 bits per heavy atom. The largest absolute Gasteiger partial charge is 0.466 e. The van der Waals surface area contributed by atoms with Crippen molar-refractivity contribution in [1.29, 1.82) is 0 Å². The van der Waals surface area contributed by atoms with Gasteiger partial charge in [-0.3, -0.25) is 25.0 Å². The Hall–Kier alpha value is -3.64. The van der Waals surface area contributed by atoms with E-state index in [1.54, 1.807) is 0 Å². The van der Waals surface area contributed by atoms with E-state index in [0.29, 0.717) is 6.07 Å². The molecule has 0 fully saturated rings. The van der Waals surface area contributed by atoms with Gasteiger partial charge in [-0.2, -0.15) is 0 Å². The number of nitrogens with zero attached hydrogens (tertiary/aromatic N) is 2. The monoisotopic (exact) mass is 415 g/mol. The van der Waals surface area contributed by atoms with Crippen LogP contribution < -0.4 is 5.32 Å². The molecule has 158 valence electrons. The molecule has 1 aromatic rings. The molecule has 0 radical (unpaired) electrons. The number of halogens is 1. The van der Waals surface area contributed by atoms with Crippen molar-refractivity contribution in [2.24, 2.45) is 5.92 Å². The summed E-state index contributed by atoms with van der Waals surface area (Å²) in [5, 5.41) is 24.1. The first-order valence-corrected chi connectivity index (χ1v) is 8.00. The molecule has 29 heavy (non-hydrogen) atoms. The number of nitro groups is 2. The van der Waals surface area contributed by atoms with Gasteiger partial charge in [0.2, 0.25) is 0 Å². The van der Waals surface area contributed by atoms with Crippen molar-refractivity contribution in [2.45, 2.75) is 25.6 Å². The third kappa shape index (κ3) is 4.80. The molecule has 2 atom stereocenters. The molecular formula is C16H18FN3O9. The third-order valence-electron chi connectivity index (χ3n) is 4.29. The molecule has 12 nitrogen and oxygen atoms in total. The fourth-order valence-electron chi connectivity index (χ4n) is 2.45. The van der Waals surface area contributed by atoms with E-state index in [2.05, 4.69) is 14.8 Å². The Bertz CT molecular complexity index is 810. The minimum Gasteiger partial charge on any atom is -0.466 e. The normalized spacial score (nSPS) is 13.0. The van der Waals surface area contributed by atoms with Gasteiger partial charge in [0.15, 0.2) is 0 Å². The summed E-state index contributed by atoms with van der Waals surface area (Å²) >= 11 is 0. The first-order chi connectivity index (χ1) is 13.4. The molecule has 0 saturated carbocycles. The van der Waals surface area contributed by atoms with Gasteiger partial charge in [-0.15, -0.1) is 0 Å². The van der Waals surface area contributed by atoms with E-state index in [-0.39, 0.29) is 0 Å². The highest BCUT2D eigenvalue weighted by molar-refractivity contribution is 6.04. The smallest absolute Gasteiger partial charge is 0.355 e. The SMILES string of the molecule is COC(=O)C(F)(C(=O)OC)[C@H](C)[C@@H](C)NC(=O)c1cc([N+](=O)[O-])cc([N+](=O)[O-])c1. The van der Waals surface area contributed by atoms with Gasteiger partial charge < -0.3 is 14.8 Å². The number of benzene rings is 1. The van der Waals surface area contributed by atoms with Crippen molar-refractivity contribution in [3.05, 3.63) is 44.0 Å². The second-order valence-corrected chi connectivity index (χ2v) is 6.00. The van der Waals surface area contributed by atoms with Gasteiger partial charge >= 0.3 is 17.6 Å². The molecule has 0 unspecified atom stereocenters. The molecule has 0 aromatic heterocycles. The van der Waals surface area contributed by atoms with Gasteiger partial charge in [-0.1, -0.05) is 6.92 Å². The summed E-state index contributed by atoms with van der Waals surface area (Å²) in [5.41, 5.74) is -5.08. The average Bonchev–Trinajstić information content (AvgIpc) is 2.70. The van der Waals surface area contributed by atoms with E-state index < -0.39 is 62.3 Å². The minimum absolute atomic E-state index is 0.439. The van der Waals surface area contributed by atoms with Crippen LogP contribution in [-0.2, 0) is 19.1 Å². The fourth-order valence-corrected chi connectivity index (χ4v) is 2.45. The van der Waals surface area contributed by atoms with Crippen molar-refractivity contribution in [2.75, 3.05) is 14.2 Å². The van der Waals surface area contributed by atoms with Gasteiger partial charge in [0.1, 0.15) is 0 Å². The summed E-state index contributed by atoms with van der Waals surface area (Å²) in [4.78, 5) is 56.0. The molecular weight excluding hydrogens is 397 g/mol. The number of carbonyl (C=O) groups is 3. The number of hydrogen-bond acceptors (Lipinski definition) is 9. The van der Waals surface area contributed by atoms with Crippen LogP contribution in [0.15, 0.2) is 18.2 Å². The van der Waals surface area contributed by atoms with Crippen LogP contribution in [0.5, 0.6) is 0 Å². The lowest BCUT2D eigenvalue weighted by Gasteiger charge is -2.30. The van der Waals surface area contributed by atoms with Gasteiger partial charge in [0.25, 0.3) is 17.3 Å². The maximum atomic E-state index is 15.1. The quantitative estimate of drug-likeness (QED) is 0.285. The Morgan fingerprint density at radius 2 is 1.41 bits per heavy atom. The third-order valence-corrected chi connectivity index (χ3v) is 4.29. The molecule has 1 aromatic carbocycles. The number of carbonyl (C=O) groups excluding carboxylic acids is 3. The number of hydrogen-bond donors (Lipinski definition) is 1. The van der Waals surface area contributed by atoms with Crippen molar-refractivity contribution in [3.63, 3.8) is 0 Å². The lowest BCUT2D eigenvalue weighted by Crippen LogP contribution is -2.55. The number of rotatable bonds is 8. The van der Waals surface area contributed by atoms with Crippen LogP contribution in [0.3, 0.4) is 0 Å². The number of ether oxygens (including phenoxy) is 2. The highest BCUT2D eigenvalue weighted by Crippen LogP contribution is 2.29. The van der Waals surface area contributed by atoms with Gasteiger partial charge in [-0.05, 0) is 6.92 Å². The number of methoxy groups -OCH3 is 2. The van der Waals surface area contributed by atoms with Crippen molar-refractivity contribution in [3.8, 4) is 0 Å². The highest BCUT2D eigenvalue weighted by Gasteiger charge is 2.55. The van der Waals surface area contributed by atoms with Crippen LogP contribution in [0.25, 0.3) is 0 Å². The van der Waals surface area contributed by atoms with E-state index in [1.165, 1.54) is 6.92 Å². The van der Waals surface area contributed by atoms with Crippen LogP contribution in [0, 0.1) is 26.1 Å². The zero-order chi connectivity index (χ0) is 22.5. The second-order valence-electron chi connectivity index (χ2n) is 6.00. The highest BCUT2D eigenvalue weighted by atomic mass is 19.1. The van der Waals surface area contributed by atoms with Crippen LogP contribution in [0.2, 0.25) is 0 Å². The number of amides is 1. The summed E-state index contributed by atoms with van der Waals surface area (Å²) in [6, 6.07) is 1.07. The van der Waals surface area contributed by atoms with Crippen LogP contribution in [0.1, 0.15) is 24.2 Å². The summed E-state index contributed by atoms with van der Waals surface area (Å²) in [6.45, 7) is 2.39. The van der Waals surface area contributed by atoms with Crippen molar-refractivity contribution < 1.29 is 38.1 Å². The molecule has 0 saturated heterocycles. The fraction of sp³-hybridized carbons (Fsp3) is 0.438. The number of alkyl halides is 1. The van der Waals surface area contributed by atoms with Crippen LogP contribution >= 0.6 is 0 Å². The lowest BCUT2D eigenvalue weighted by molar-refractivity contribution is -0.394. The van der Waals surface area contributed by atoms with Gasteiger partial charge in [-0.25, -0.2) is 14.0 Å². The Labute approximate surface area is 163 Å². The van der Waals surface area contributed by atoms with Gasteiger partial charge in [0, 0.05) is 24.1 Å². The van der Waals surface area contributed by atoms with Crippen LogP contribution in [0.4, 0.5) is 15.8 Å². The minimum atomic E-state index is -3.25. The predicted molar refractivity (Wildman–Crippen MR) is 93.7 cm³/mol. The molecule has 1 amide bonds. The zero-order valence-corrected chi connectivity index (χ0v) is 15.8. The lowest BCUT2D eigenvalue weighted by atomic mass is 9.85. The molecule has 13 heteroatoms.